The summed E-state index contributed by atoms with van der Waals surface area (Å²) in [5.41, 5.74) is 3.67. The first kappa shape index (κ1) is 12.2. The molecule has 5 rings (SSSR count). The van der Waals surface area contributed by atoms with E-state index in [0.717, 1.165) is 4.47 Å². The van der Waals surface area contributed by atoms with Gasteiger partial charge in [0.1, 0.15) is 17.5 Å². The first-order chi connectivity index (χ1) is 10.8. The molecular formula is C20H11BrN+. The maximum atomic E-state index is 3.52. The molecular weight excluding hydrogens is 334 g/mol. The Balaban J connectivity index is 2.05. The van der Waals surface area contributed by atoms with Crippen LogP contribution in [0.2, 0.25) is 0 Å². The summed E-state index contributed by atoms with van der Waals surface area (Å²) >= 11 is 3.52. The van der Waals surface area contributed by atoms with E-state index in [2.05, 4.69) is 93.3 Å². The predicted molar refractivity (Wildman–Crippen MR) is 95.9 cm³/mol. The number of hydrogen-bond acceptors (Lipinski definition) is 0. The van der Waals surface area contributed by atoms with Gasteiger partial charge in [0.05, 0.1) is 16.8 Å². The zero-order valence-corrected chi connectivity index (χ0v) is 13.3. The van der Waals surface area contributed by atoms with Gasteiger partial charge in [-0.25, -0.2) is 0 Å². The summed E-state index contributed by atoms with van der Waals surface area (Å²) in [7, 11) is 0. The van der Waals surface area contributed by atoms with Gasteiger partial charge in [-0.1, -0.05) is 28.1 Å². The third-order valence-corrected chi connectivity index (χ3v) is 4.87. The minimum atomic E-state index is 1.09. The molecule has 1 aromatic heterocycles. The summed E-state index contributed by atoms with van der Waals surface area (Å²) in [4.78, 5) is 0. The second-order valence-electron chi connectivity index (χ2n) is 5.56. The Morgan fingerprint density at radius 2 is 1.73 bits per heavy atom. The van der Waals surface area contributed by atoms with Gasteiger partial charge in [-0.2, -0.15) is 0 Å². The molecule has 1 aliphatic rings. The van der Waals surface area contributed by atoms with Crippen LogP contribution in [0, 0.1) is 6.08 Å². The van der Waals surface area contributed by atoms with E-state index in [1.165, 1.54) is 38.3 Å². The molecule has 1 heterocycles. The Kier molecular flexibility index (Phi) is 2.38. The lowest BCUT2D eigenvalue weighted by Crippen LogP contribution is -2.15. The standard InChI is InChI=1S/C20H11BrN/c21-15-9-11-16(12-10-15)22-17-5-1-3-13-7-8-14-4-2-6-18(22)20(14)19(13)17/h1,3-12H/q+1. The van der Waals surface area contributed by atoms with Crippen LogP contribution in [0.4, 0.5) is 0 Å². The Bertz CT molecular complexity index is 1110. The van der Waals surface area contributed by atoms with Crippen molar-refractivity contribution in [2.75, 3.05) is 0 Å². The summed E-state index contributed by atoms with van der Waals surface area (Å²) in [5.74, 6) is 0. The van der Waals surface area contributed by atoms with Crippen molar-refractivity contribution in [2.24, 2.45) is 0 Å². The Hall–Kier alpha value is -2.41. The maximum Gasteiger partial charge on any atom is 0.167 e. The van der Waals surface area contributed by atoms with Crippen molar-refractivity contribution >= 4 is 49.8 Å². The lowest BCUT2D eigenvalue weighted by Gasteiger charge is -2.04. The van der Waals surface area contributed by atoms with Crippen molar-refractivity contribution in [1.82, 2.24) is 4.57 Å². The zero-order valence-electron chi connectivity index (χ0n) is 11.7. The molecule has 3 aromatic carbocycles. The van der Waals surface area contributed by atoms with Crippen LogP contribution in [0.1, 0.15) is 5.56 Å². The zero-order chi connectivity index (χ0) is 14.7. The molecule has 22 heavy (non-hydrogen) atoms. The van der Waals surface area contributed by atoms with Gasteiger partial charge in [0.2, 0.25) is 0 Å². The molecule has 0 fully saturated rings. The molecule has 0 saturated carbocycles. The van der Waals surface area contributed by atoms with E-state index in [1.807, 2.05) is 0 Å². The third-order valence-electron chi connectivity index (χ3n) is 4.34. The molecule has 0 radical (unpaired) electrons. The van der Waals surface area contributed by atoms with Gasteiger partial charge in [-0.3, -0.25) is 4.57 Å². The van der Waals surface area contributed by atoms with Gasteiger partial charge in [-0.05, 0) is 41.8 Å². The highest BCUT2D eigenvalue weighted by atomic mass is 79.9. The average Bonchev–Trinajstić information content (AvgIpc) is 2.90. The van der Waals surface area contributed by atoms with Crippen molar-refractivity contribution in [3.8, 4) is 5.69 Å². The molecule has 0 saturated heterocycles. The van der Waals surface area contributed by atoms with Crippen molar-refractivity contribution in [3.05, 3.63) is 76.1 Å². The molecule has 0 aliphatic heterocycles. The highest BCUT2D eigenvalue weighted by Gasteiger charge is 2.22. The first-order valence-corrected chi connectivity index (χ1v) is 8.03. The van der Waals surface area contributed by atoms with Crippen molar-refractivity contribution in [1.29, 1.82) is 0 Å². The SMILES string of the molecule is Brc1ccc(-n2c3c4c(ccc5cccc2c54)C=[C+]C=3)cc1. The van der Waals surface area contributed by atoms with E-state index >= 15 is 0 Å². The van der Waals surface area contributed by atoms with E-state index < -0.39 is 0 Å². The molecule has 0 N–H and O–H groups in total. The largest absolute Gasteiger partial charge is 0.256 e. The summed E-state index contributed by atoms with van der Waals surface area (Å²) in [6.45, 7) is 0. The van der Waals surface area contributed by atoms with Gasteiger partial charge in [0, 0.05) is 22.0 Å². The fourth-order valence-electron chi connectivity index (χ4n) is 3.42. The number of benzene rings is 3. The first-order valence-electron chi connectivity index (χ1n) is 7.24. The summed E-state index contributed by atoms with van der Waals surface area (Å²) in [6.07, 6.45) is 7.44. The van der Waals surface area contributed by atoms with Crippen LogP contribution in [0.25, 0.3) is 39.5 Å². The average molecular weight is 345 g/mol. The van der Waals surface area contributed by atoms with E-state index in [-0.39, 0.29) is 0 Å². The predicted octanol–water partition coefficient (Wildman–Crippen LogP) is 4.88. The molecule has 0 bridgehead atoms. The quantitative estimate of drug-likeness (QED) is 0.434. The molecule has 0 amide bonds. The molecule has 0 spiro atoms. The number of rotatable bonds is 1. The van der Waals surface area contributed by atoms with Gasteiger partial charge in [0.15, 0.2) is 5.35 Å². The van der Waals surface area contributed by atoms with Gasteiger partial charge in [-0.15, -0.1) is 0 Å². The monoisotopic (exact) mass is 344 g/mol. The smallest absolute Gasteiger partial charge is 0.167 e. The minimum absolute atomic E-state index is 1.09. The molecule has 0 unspecified atom stereocenters. The second kappa shape index (κ2) is 4.30. The van der Waals surface area contributed by atoms with Crippen LogP contribution < -0.4 is 5.35 Å². The molecule has 0 atom stereocenters. The van der Waals surface area contributed by atoms with Crippen LogP contribution >= 0.6 is 15.9 Å². The molecule has 4 aromatic rings. The summed E-state index contributed by atoms with van der Waals surface area (Å²) in [5, 5.41) is 5.17. The molecule has 2 heteroatoms. The molecule has 1 aliphatic carbocycles. The van der Waals surface area contributed by atoms with Crippen LogP contribution in [0.15, 0.2) is 59.1 Å². The van der Waals surface area contributed by atoms with Crippen molar-refractivity contribution in [2.45, 2.75) is 0 Å². The van der Waals surface area contributed by atoms with Gasteiger partial charge < -0.3 is 0 Å². The van der Waals surface area contributed by atoms with E-state index in [0.29, 0.717) is 0 Å². The van der Waals surface area contributed by atoms with E-state index in [1.54, 1.807) is 0 Å². The fraction of sp³-hybridized carbons (Fsp3) is 0. The van der Waals surface area contributed by atoms with Crippen LogP contribution in [-0.2, 0) is 0 Å². The normalized spacial score (nSPS) is 12.6. The number of aromatic nitrogens is 1. The third kappa shape index (κ3) is 1.51. The Morgan fingerprint density at radius 1 is 0.864 bits per heavy atom. The van der Waals surface area contributed by atoms with E-state index in [4.69, 9.17) is 0 Å². The molecule has 102 valence electrons. The van der Waals surface area contributed by atoms with Crippen molar-refractivity contribution in [3.63, 3.8) is 0 Å². The van der Waals surface area contributed by atoms with E-state index in [9.17, 15) is 0 Å². The maximum absolute atomic E-state index is 3.52. The van der Waals surface area contributed by atoms with Crippen LogP contribution in [0.3, 0.4) is 0 Å². The number of nitrogens with zero attached hydrogens (tertiary/aromatic N) is 1. The topological polar surface area (TPSA) is 4.93 Å². The highest BCUT2D eigenvalue weighted by Crippen LogP contribution is 2.31. The minimum Gasteiger partial charge on any atom is -0.256 e. The number of halogens is 1. The lowest BCUT2D eigenvalue weighted by atomic mass is 10.00. The lowest BCUT2D eigenvalue weighted by molar-refractivity contribution is 1.08. The summed E-state index contributed by atoms with van der Waals surface area (Å²) < 4.78 is 3.42. The summed E-state index contributed by atoms with van der Waals surface area (Å²) in [6, 6.07) is 19.4. The second-order valence-corrected chi connectivity index (χ2v) is 6.47. The number of hydrogen-bond donors (Lipinski definition) is 0. The number of allylic oxidation sites excluding steroid dienone is 1. The Labute approximate surface area is 136 Å². The molecule has 1 nitrogen and oxygen atoms in total. The highest BCUT2D eigenvalue weighted by molar-refractivity contribution is 9.10. The fourth-order valence-corrected chi connectivity index (χ4v) is 3.68. The van der Waals surface area contributed by atoms with Crippen LogP contribution in [-0.4, -0.2) is 4.57 Å². The van der Waals surface area contributed by atoms with Gasteiger partial charge >= 0.3 is 0 Å². The Morgan fingerprint density at radius 3 is 2.59 bits per heavy atom. The van der Waals surface area contributed by atoms with Crippen LogP contribution in [0.5, 0.6) is 0 Å². The van der Waals surface area contributed by atoms with Crippen molar-refractivity contribution < 1.29 is 0 Å². The van der Waals surface area contributed by atoms with Gasteiger partial charge in [0.25, 0.3) is 0 Å².